The Morgan fingerprint density at radius 3 is 2.50 bits per heavy atom. The van der Waals surface area contributed by atoms with Gasteiger partial charge in [0.1, 0.15) is 11.3 Å². The molecular weight excluding hydrogens is 322 g/mol. The summed E-state index contributed by atoms with van der Waals surface area (Å²) in [5.74, 6) is -0.360. The molecule has 104 valence electrons. The smallest absolute Gasteiger partial charge is 0.341 e. The van der Waals surface area contributed by atoms with E-state index in [1.165, 1.54) is 0 Å². The second-order valence-corrected chi connectivity index (χ2v) is 5.43. The largest absolute Gasteiger partial charge is 0.477 e. The van der Waals surface area contributed by atoms with Gasteiger partial charge in [0.25, 0.3) is 0 Å². The Morgan fingerprint density at radius 2 is 1.90 bits per heavy atom. The average Bonchev–Trinajstić information content (AvgIpc) is 2.32. The van der Waals surface area contributed by atoms with Crippen molar-refractivity contribution >= 4 is 21.9 Å². The van der Waals surface area contributed by atoms with Crippen LogP contribution in [0.25, 0.3) is 0 Å². The zero-order valence-electron chi connectivity index (χ0n) is 11.4. The molecule has 1 heterocycles. The van der Waals surface area contributed by atoms with Crippen LogP contribution < -0.4 is 4.74 Å². The van der Waals surface area contributed by atoms with Crippen molar-refractivity contribution in [3.8, 4) is 11.6 Å². The van der Waals surface area contributed by atoms with Crippen molar-refractivity contribution in [3.63, 3.8) is 0 Å². The van der Waals surface area contributed by atoms with E-state index in [4.69, 9.17) is 4.74 Å². The highest BCUT2D eigenvalue weighted by molar-refractivity contribution is 9.10. The van der Waals surface area contributed by atoms with E-state index in [1.807, 2.05) is 19.1 Å². The Morgan fingerprint density at radius 1 is 1.20 bits per heavy atom. The molecule has 4 nitrogen and oxygen atoms in total. The highest BCUT2D eigenvalue weighted by Gasteiger charge is 2.17. The summed E-state index contributed by atoms with van der Waals surface area (Å²) in [5.41, 5.74) is 2.45. The molecule has 0 bridgehead atoms. The number of aromatic nitrogens is 1. The summed E-state index contributed by atoms with van der Waals surface area (Å²) in [6.45, 7) is 5.47. The van der Waals surface area contributed by atoms with Gasteiger partial charge in [-0.25, -0.2) is 9.78 Å². The number of hydrogen-bond donors (Lipinski definition) is 1. The summed E-state index contributed by atoms with van der Waals surface area (Å²) in [6.07, 6.45) is 0. The van der Waals surface area contributed by atoms with E-state index in [0.29, 0.717) is 11.3 Å². The minimum Gasteiger partial charge on any atom is -0.477 e. The lowest BCUT2D eigenvalue weighted by molar-refractivity contribution is 0.0692. The van der Waals surface area contributed by atoms with Crippen LogP contribution in [-0.2, 0) is 0 Å². The van der Waals surface area contributed by atoms with Gasteiger partial charge in [-0.2, -0.15) is 0 Å². The van der Waals surface area contributed by atoms with Crippen molar-refractivity contribution in [2.45, 2.75) is 20.8 Å². The molecular formula is C15H14BrNO3. The van der Waals surface area contributed by atoms with E-state index in [0.717, 1.165) is 15.7 Å². The molecule has 1 aromatic heterocycles. The van der Waals surface area contributed by atoms with Crippen LogP contribution in [0.3, 0.4) is 0 Å². The fraction of sp³-hybridized carbons (Fsp3) is 0.200. The first-order valence-corrected chi connectivity index (χ1v) is 6.83. The average molecular weight is 336 g/mol. The van der Waals surface area contributed by atoms with Gasteiger partial charge in [-0.15, -0.1) is 0 Å². The second-order valence-electron chi connectivity index (χ2n) is 4.58. The Labute approximate surface area is 125 Å². The molecule has 0 saturated carbocycles. The molecule has 0 unspecified atom stereocenters. The molecule has 0 aliphatic heterocycles. The first-order valence-electron chi connectivity index (χ1n) is 6.04. The summed E-state index contributed by atoms with van der Waals surface area (Å²) < 4.78 is 6.62. The summed E-state index contributed by atoms with van der Waals surface area (Å²) in [4.78, 5) is 15.5. The number of aryl methyl sites for hydroxylation is 3. The molecule has 0 atom stereocenters. The molecule has 0 saturated heterocycles. The third-order valence-electron chi connectivity index (χ3n) is 2.87. The zero-order chi connectivity index (χ0) is 14.9. The van der Waals surface area contributed by atoms with Gasteiger partial charge in [-0.05, 0) is 56.2 Å². The molecule has 0 amide bonds. The number of hydrogen-bond acceptors (Lipinski definition) is 3. The van der Waals surface area contributed by atoms with Crippen LogP contribution >= 0.6 is 15.9 Å². The molecule has 1 N–H and O–H groups in total. The first-order chi connectivity index (χ1) is 9.38. The normalized spacial score (nSPS) is 10.4. The van der Waals surface area contributed by atoms with Crippen molar-refractivity contribution in [2.75, 3.05) is 0 Å². The number of carbonyl (C=O) groups is 1. The lowest BCUT2D eigenvalue weighted by Gasteiger charge is -2.11. The number of benzene rings is 1. The molecule has 1 aromatic carbocycles. The topological polar surface area (TPSA) is 59.4 Å². The lowest BCUT2D eigenvalue weighted by atomic mass is 10.1. The van der Waals surface area contributed by atoms with E-state index in [9.17, 15) is 9.90 Å². The second kappa shape index (κ2) is 5.63. The SMILES string of the molecule is Cc1cc(C)c(C(=O)O)c(Oc2ccc(Br)c(C)c2)n1. The van der Waals surface area contributed by atoms with E-state index in [1.54, 1.807) is 26.0 Å². The maximum Gasteiger partial charge on any atom is 0.341 e. The predicted molar refractivity (Wildman–Crippen MR) is 79.6 cm³/mol. The Bertz CT molecular complexity index is 683. The predicted octanol–water partition coefficient (Wildman–Crippen LogP) is 4.26. The fourth-order valence-corrected chi connectivity index (χ4v) is 2.18. The van der Waals surface area contributed by atoms with Gasteiger partial charge >= 0.3 is 5.97 Å². The Balaban J connectivity index is 2.47. The van der Waals surface area contributed by atoms with Gasteiger partial charge in [0, 0.05) is 10.2 Å². The summed E-state index contributed by atoms with van der Waals surface area (Å²) >= 11 is 3.41. The molecule has 5 heteroatoms. The van der Waals surface area contributed by atoms with Crippen molar-refractivity contribution in [3.05, 3.63) is 51.1 Å². The highest BCUT2D eigenvalue weighted by Crippen LogP contribution is 2.29. The third kappa shape index (κ3) is 2.99. The van der Waals surface area contributed by atoms with Crippen molar-refractivity contribution in [2.24, 2.45) is 0 Å². The van der Waals surface area contributed by atoms with E-state index in [2.05, 4.69) is 20.9 Å². The maximum absolute atomic E-state index is 11.3. The lowest BCUT2D eigenvalue weighted by Crippen LogP contribution is -2.06. The number of halogens is 1. The Hall–Kier alpha value is -1.88. The van der Waals surface area contributed by atoms with E-state index < -0.39 is 5.97 Å². The van der Waals surface area contributed by atoms with Gasteiger partial charge in [-0.3, -0.25) is 0 Å². The van der Waals surface area contributed by atoms with E-state index >= 15 is 0 Å². The molecule has 0 spiro atoms. The van der Waals surface area contributed by atoms with Crippen LogP contribution in [0.4, 0.5) is 0 Å². The summed E-state index contributed by atoms with van der Waals surface area (Å²) in [7, 11) is 0. The van der Waals surface area contributed by atoms with Gasteiger partial charge < -0.3 is 9.84 Å². The maximum atomic E-state index is 11.3. The van der Waals surface area contributed by atoms with E-state index in [-0.39, 0.29) is 11.4 Å². The van der Waals surface area contributed by atoms with Crippen molar-refractivity contribution in [1.82, 2.24) is 4.98 Å². The first kappa shape index (κ1) is 14.5. The van der Waals surface area contributed by atoms with Gasteiger partial charge in [0.05, 0.1) is 0 Å². The number of ether oxygens (including phenoxy) is 1. The summed E-state index contributed by atoms with van der Waals surface area (Å²) in [6, 6.07) is 7.17. The van der Waals surface area contributed by atoms with Crippen LogP contribution in [0.1, 0.15) is 27.2 Å². The monoisotopic (exact) mass is 335 g/mol. The molecule has 20 heavy (non-hydrogen) atoms. The van der Waals surface area contributed by atoms with Crippen LogP contribution in [0, 0.1) is 20.8 Å². The van der Waals surface area contributed by atoms with Crippen LogP contribution in [-0.4, -0.2) is 16.1 Å². The van der Waals surface area contributed by atoms with Crippen LogP contribution in [0.15, 0.2) is 28.7 Å². The van der Waals surface area contributed by atoms with Gasteiger partial charge in [-0.1, -0.05) is 15.9 Å². The zero-order valence-corrected chi connectivity index (χ0v) is 13.0. The van der Waals surface area contributed by atoms with Crippen molar-refractivity contribution in [1.29, 1.82) is 0 Å². The fourth-order valence-electron chi connectivity index (χ4n) is 1.93. The van der Waals surface area contributed by atoms with Gasteiger partial charge in [0.15, 0.2) is 0 Å². The summed E-state index contributed by atoms with van der Waals surface area (Å²) in [5, 5.41) is 9.29. The molecule has 0 fully saturated rings. The molecule has 2 aromatic rings. The van der Waals surface area contributed by atoms with Crippen molar-refractivity contribution < 1.29 is 14.6 Å². The minimum absolute atomic E-state index is 0.0937. The van der Waals surface area contributed by atoms with Crippen LogP contribution in [0.2, 0.25) is 0 Å². The minimum atomic E-state index is -1.04. The number of pyridine rings is 1. The quantitative estimate of drug-likeness (QED) is 0.910. The number of rotatable bonds is 3. The standard InChI is InChI=1S/C15H14BrNO3/c1-8-7-11(4-5-12(8)16)20-14-13(15(18)19)9(2)6-10(3)17-14/h4-7H,1-3H3,(H,18,19). The highest BCUT2D eigenvalue weighted by atomic mass is 79.9. The number of carboxylic acids is 1. The molecule has 0 aliphatic carbocycles. The van der Waals surface area contributed by atoms with Crippen LogP contribution in [0.5, 0.6) is 11.6 Å². The number of carboxylic acid groups (broad SMARTS) is 1. The number of aromatic carboxylic acids is 1. The third-order valence-corrected chi connectivity index (χ3v) is 3.76. The van der Waals surface area contributed by atoms with Gasteiger partial charge in [0.2, 0.25) is 5.88 Å². The number of nitrogens with zero attached hydrogens (tertiary/aromatic N) is 1. The Kier molecular flexibility index (Phi) is 4.09. The molecule has 0 aliphatic rings. The molecule has 0 radical (unpaired) electrons. The molecule has 2 rings (SSSR count).